The first kappa shape index (κ1) is 28.5. The molecule has 3 rings (SSSR count). The summed E-state index contributed by atoms with van der Waals surface area (Å²) in [6.07, 6.45) is 12.6. The SMILES string of the molecule is CCCCCCCCCCCCNC(CCO)C1OC2OC(C)(C)O[C@H]2C1OCc1ccccc1. The van der Waals surface area contributed by atoms with E-state index in [2.05, 4.69) is 24.4 Å². The second kappa shape index (κ2) is 15.3. The van der Waals surface area contributed by atoms with E-state index in [1.165, 1.54) is 57.8 Å². The Bertz CT molecular complexity index is 685. The van der Waals surface area contributed by atoms with Gasteiger partial charge in [0, 0.05) is 12.6 Å². The third kappa shape index (κ3) is 9.42. The number of ether oxygens (including phenoxy) is 4. The smallest absolute Gasteiger partial charge is 0.190 e. The summed E-state index contributed by atoms with van der Waals surface area (Å²) in [7, 11) is 0. The van der Waals surface area contributed by atoms with Crippen molar-refractivity contribution < 1.29 is 24.1 Å². The van der Waals surface area contributed by atoms with Crippen molar-refractivity contribution in [2.45, 2.75) is 134 Å². The predicted octanol–water partition coefficient (Wildman–Crippen LogP) is 5.71. The normalized spacial score (nSPS) is 26.2. The van der Waals surface area contributed by atoms with Crippen LogP contribution in [0.5, 0.6) is 0 Å². The Kier molecular flexibility index (Phi) is 12.5. The second-order valence-electron chi connectivity index (χ2n) is 10.6. The van der Waals surface area contributed by atoms with E-state index in [1.807, 2.05) is 32.0 Å². The Hall–Kier alpha value is -1.02. The molecule has 0 saturated carbocycles. The summed E-state index contributed by atoms with van der Waals surface area (Å²) in [5.41, 5.74) is 1.12. The van der Waals surface area contributed by atoms with E-state index >= 15 is 0 Å². The average Bonchev–Trinajstić information content (AvgIpc) is 3.32. The fourth-order valence-corrected chi connectivity index (χ4v) is 5.21. The number of benzene rings is 1. The number of aliphatic hydroxyl groups is 1. The summed E-state index contributed by atoms with van der Waals surface area (Å²) in [6.45, 7) is 7.59. The number of rotatable bonds is 18. The van der Waals surface area contributed by atoms with E-state index < -0.39 is 12.1 Å². The van der Waals surface area contributed by atoms with E-state index in [4.69, 9.17) is 18.9 Å². The summed E-state index contributed by atoms with van der Waals surface area (Å²) < 4.78 is 24.9. The maximum absolute atomic E-state index is 9.76. The molecule has 2 aliphatic heterocycles. The molecule has 0 amide bonds. The number of nitrogens with one attached hydrogen (secondary N) is 1. The molecule has 6 nitrogen and oxygen atoms in total. The minimum Gasteiger partial charge on any atom is -0.396 e. The maximum atomic E-state index is 9.76. The molecule has 0 aliphatic carbocycles. The van der Waals surface area contributed by atoms with Gasteiger partial charge in [0.05, 0.1) is 6.61 Å². The van der Waals surface area contributed by atoms with Crippen molar-refractivity contribution in [3.8, 4) is 0 Å². The predicted molar refractivity (Wildman–Crippen MR) is 139 cm³/mol. The monoisotopic (exact) mass is 491 g/mol. The molecule has 200 valence electrons. The lowest BCUT2D eigenvalue weighted by molar-refractivity contribution is -0.222. The van der Waals surface area contributed by atoms with Crippen molar-refractivity contribution in [2.24, 2.45) is 0 Å². The van der Waals surface area contributed by atoms with Crippen molar-refractivity contribution in [3.63, 3.8) is 0 Å². The van der Waals surface area contributed by atoms with Gasteiger partial charge in [0.25, 0.3) is 0 Å². The molecule has 4 unspecified atom stereocenters. The van der Waals surface area contributed by atoms with Crippen LogP contribution in [0.3, 0.4) is 0 Å². The van der Waals surface area contributed by atoms with Gasteiger partial charge in [-0.05, 0) is 38.8 Å². The summed E-state index contributed by atoms with van der Waals surface area (Å²) in [5.74, 6) is -0.690. The molecule has 2 N–H and O–H groups in total. The fraction of sp³-hybridized carbons (Fsp3) is 0.793. The van der Waals surface area contributed by atoms with E-state index in [9.17, 15) is 5.11 Å². The standard InChI is InChI=1S/C29H49NO5/c1-4-5-6-7-8-9-10-11-12-16-20-30-24(19-21-31)25-26(32-22-23-17-14-13-15-18-23)27-28(33-25)35-29(2,3)34-27/h13-15,17-18,24-28,30-31H,4-12,16,19-22H2,1-3H3/t24?,25?,26?,27-,28?/m0/s1. The van der Waals surface area contributed by atoms with Gasteiger partial charge in [-0.1, -0.05) is 95.0 Å². The van der Waals surface area contributed by atoms with Gasteiger partial charge in [-0.2, -0.15) is 0 Å². The van der Waals surface area contributed by atoms with Crippen LogP contribution in [0.2, 0.25) is 0 Å². The Morgan fingerprint density at radius 2 is 1.60 bits per heavy atom. The molecule has 2 fully saturated rings. The van der Waals surface area contributed by atoms with Crippen LogP contribution in [-0.2, 0) is 25.6 Å². The van der Waals surface area contributed by atoms with E-state index in [0.29, 0.717) is 13.0 Å². The van der Waals surface area contributed by atoms with Gasteiger partial charge in [-0.3, -0.25) is 0 Å². The molecular formula is C29H49NO5. The summed E-state index contributed by atoms with van der Waals surface area (Å²) in [6, 6.07) is 10.2. The van der Waals surface area contributed by atoms with Crippen LogP contribution in [0.1, 0.15) is 97.0 Å². The van der Waals surface area contributed by atoms with Crippen molar-refractivity contribution in [2.75, 3.05) is 13.2 Å². The summed E-state index contributed by atoms with van der Waals surface area (Å²) in [4.78, 5) is 0. The van der Waals surface area contributed by atoms with Gasteiger partial charge in [0.1, 0.15) is 18.3 Å². The zero-order chi connectivity index (χ0) is 24.9. The van der Waals surface area contributed by atoms with E-state index in [-0.39, 0.29) is 31.0 Å². The summed E-state index contributed by atoms with van der Waals surface area (Å²) in [5, 5.41) is 13.4. The van der Waals surface area contributed by atoms with Gasteiger partial charge in [-0.15, -0.1) is 0 Å². The zero-order valence-electron chi connectivity index (χ0n) is 22.3. The largest absolute Gasteiger partial charge is 0.396 e. The molecule has 35 heavy (non-hydrogen) atoms. The van der Waals surface area contributed by atoms with Crippen LogP contribution in [-0.4, -0.2) is 54.7 Å². The van der Waals surface area contributed by atoms with Gasteiger partial charge in [0.2, 0.25) is 0 Å². The van der Waals surface area contributed by atoms with Gasteiger partial charge in [-0.25, -0.2) is 0 Å². The third-order valence-electron chi connectivity index (χ3n) is 7.09. The quantitative estimate of drug-likeness (QED) is 0.256. The first-order valence-electron chi connectivity index (χ1n) is 14.0. The molecule has 6 heteroatoms. The highest BCUT2D eigenvalue weighted by atomic mass is 16.8. The molecule has 1 aromatic carbocycles. The number of aliphatic hydroxyl groups excluding tert-OH is 1. The zero-order valence-corrected chi connectivity index (χ0v) is 22.3. The molecule has 2 aliphatic rings. The van der Waals surface area contributed by atoms with E-state index in [0.717, 1.165) is 18.5 Å². The number of fused-ring (bicyclic) bond motifs is 1. The van der Waals surface area contributed by atoms with Crippen molar-refractivity contribution in [3.05, 3.63) is 35.9 Å². The maximum Gasteiger partial charge on any atom is 0.190 e. The Labute approximate surface area is 213 Å². The highest BCUT2D eigenvalue weighted by molar-refractivity contribution is 5.13. The first-order chi connectivity index (χ1) is 17.0. The lowest BCUT2D eigenvalue weighted by Gasteiger charge is -2.31. The Morgan fingerprint density at radius 3 is 2.26 bits per heavy atom. The van der Waals surface area contributed by atoms with Crippen LogP contribution < -0.4 is 5.32 Å². The van der Waals surface area contributed by atoms with Crippen LogP contribution in [0.15, 0.2) is 30.3 Å². The molecular weight excluding hydrogens is 442 g/mol. The van der Waals surface area contributed by atoms with Crippen LogP contribution >= 0.6 is 0 Å². The molecule has 0 bridgehead atoms. The lowest BCUT2D eigenvalue weighted by Crippen LogP contribution is -2.49. The average molecular weight is 492 g/mol. The highest BCUT2D eigenvalue weighted by Gasteiger charge is 2.56. The van der Waals surface area contributed by atoms with Gasteiger partial charge in [0.15, 0.2) is 12.1 Å². The topological polar surface area (TPSA) is 69.2 Å². The van der Waals surface area contributed by atoms with Crippen molar-refractivity contribution in [1.29, 1.82) is 0 Å². The van der Waals surface area contributed by atoms with Crippen LogP contribution in [0.4, 0.5) is 0 Å². The fourth-order valence-electron chi connectivity index (χ4n) is 5.21. The summed E-state index contributed by atoms with van der Waals surface area (Å²) >= 11 is 0. The third-order valence-corrected chi connectivity index (χ3v) is 7.09. The minimum absolute atomic E-state index is 0.0137. The van der Waals surface area contributed by atoms with Crippen LogP contribution in [0, 0.1) is 0 Å². The lowest BCUT2D eigenvalue weighted by atomic mass is 10.00. The molecule has 0 spiro atoms. The first-order valence-corrected chi connectivity index (χ1v) is 14.0. The Balaban J connectivity index is 1.45. The van der Waals surface area contributed by atoms with Crippen molar-refractivity contribution >= 4 is 0 Å². The molecule has 2 heterocycles. The van der Waals surface area contributed by atoms with Crippen LogP contribution in [0.25, 0.3) is 0 Å². The second-order valence-corrected chi connectivity index (χ2v) is 10.6. The van der Waals surface area contributed by atoms with Crippen molar-refractivity contribution in [1.82, 2.24) is 5.32 Å². The molecule has 1 aromatic rings. The number of hydrogen-bond acceptors (Lipinski definition) is 6. The van der Waals surface area contributed by atoms with Gasteiger partial charge < -0.3 is 29.4 Å². The highest BCUT2D eigenvalue weighted by Crippen LogP contribution is 2.40. The Morgan fingerprint density at radius 1 is 0.943 bits per heavy atom. The number of unbranched alkanes of at least 4 members (excludes halogenated alkanes) is 9. The number of hydrogen-bond donors (Lipinski definition) is 2. The molecule has 5 atom stereocenters. The minimum atomic E-state index is -0.690. The van der Waals surface area contributed by atoms with Gasteiger partial charge >= 0.3 is 0 Å². The molecule has 0 aromatic heterocycles. The van der Waals surface area contributed by atoms with E-state index in [1.54, 1.807) is 0 Å². The molecule has 0 radical (unpaired) electrons. The molecule has 2 saturated heterocycles.